The molecule has 53 heavy (non-hydrogen) atoms. The van der Waals surface area contributed by atoms with Crippen LogP contribution in [-0.2, 0) is 32.7 Å². The number of carbonyl (C=O) groups excluding carboxylic acids is 2. The summed E-state index contributed by atoms with van der Waals surface area (Å²) in [4.78, 5) is 34.7. The molecular weight excluding hydrogens is 689 g/mol. The fourth-order valence-corrected chi connectivity index (χ4v) is 5.32. The van der Waals surface area contributed by atoms with Crippen molar-refractivity contribution in [2.45, 2.75) is 136 Å². The molecule has 0 aliphatic heterocycles. The molecule has 0 aromatic heterocycles. The van der Waals surface area contributed by atoms with Gasteiger partial charge in [0.05, 0.1) is 13.2 Å². The molecule has 0 aliphatic carbocycles. The second-order valence-electron chi connectivity index (χ2n) is 12.4. The lowest BCUT2D eigenvalue weighted by atomic mass is 10.2. The first kappa shape index (κ1) is 49.9. The topological polar surface area (TPSA) is 134 Å². The van der Waals surface area contributed by atoms with Crippen LogP contribution in [0.15, 0.2) is 97.2 Å². The molecule has 0 aromatic carbocycles. The highest BCUT2D eigenvalue weighted by atomic mass is 31.2. The van der Waals surface area contributed by atoms with Crippen molar-refractivity contribution in [3.05, 3.63) is 97.2 Å². The average molecular weight is 760 g/mol. The molecule has 0 amide bonds. The summed E-state index contributed by atoms with van der Waals surface area (Å²) in [6.07, 6.45) is 48.8. The third-order valence-corrected chi connectivity index (χ3v) is 8.44. The van der Waals surface area contributed by atoms with Crippen LogP contribution in [-0.4, -0.2) is 49.3 Å². The van der Waals surface area contributed by atoms with Gasteiger partial charge >= 0.3 is 19.8 Å². The highest BCUT2D eigenvalue weighted by molar-refractivity contribution is 7.47. The number of carbonyl (C=O) groups is 2. The summed E-state index contributed by atoms with van der Waals surface area (Å²) < 4.78 is 32.6. The molecular formula is C43H70NO8P. The van der Waals surface area contributed by atoms with Gasteiger partial charge in [0, 0.05) is 19.4 Å². The van der Waals surface area contributed by atoms with Gasteiger partial charge in [0.2, 0.25) is 0 Å². The molecule has 1 unspecified atom stereocenters. The molecule has 0 aromatic rings. The van der Waals surface area contributed by atoms with Crippen molar-refractivity contribution in [1.29, 1.82) is 0 Å². The van der Waals surface area contributed by atoms with E-state index in [2.05, 4.69) is 105 Å². The van der Waals surface area contributed by atoms with E-state index in [4.69, 9.17) is 24.3 Å². The normalized spacial score (nSPS) is 14.4. The molecule has 0 heterocycles. The summed E-state index contributed by atoms with van der Waals surface area (Å²) in [5.74, 6) is -0.956. The quantitative estimate of drug-likeness (QED) is 0.0280. The Morgan fingerprint density at radius 3 is 1.53 bits per heavy atom. The number of unbranched alkanes of at least 4 members (excludes halogenated alkanes) is 6. The summed E-state index contributed by atoms with van der Waals surface area (Å²) in [5.41, 5.74) is 5.33. The van der Waals surface area contributed by atoms with E-state index in [0.29, 0.717) is 19.3 Å². The highest BCUT2D eigenvalue weighted by Crippen LogP contribution is 2.43. The van der Waals surface area contributed by atoms with Gasteiger partial charge in [-0.1, -0.05) is 124 Å². The van der Waals surface area contributed by atoms with E-state index in [0.717, 1.165) is 64.2 Å². The first-order chi connectivity index (χ1) is 25.8. The van der Waals surface area contributed by atoms with Gasteiger partial charge in [-0.05, 0) is 89.9 Å². The van der Waals surface area contributed by atoms with Crippen LogP contribution in [0.5, 0.6) is 0 Å². The standard InChI is InChI=1S/C43H70NO8P/c1-3-5-7-9-11-13-15-17-19-20-22-24-26-28-30-32-34-36-43(46)52-41(40-51-53(47,48)50-38-37-44)39-49-42(45)35-33-31-29-27-25-23-21-18-16-14-12-10-8-6-4-2/h6,8,11-14,17-19,21-22,24-25,27-28,30,41H,3-5,7,9-10,15-16,20,23,26,29,31-40,44H2,1-2H3,(H,47,48)/t41-/m1/s1. The molecule has 0 aliphatic rings. The van der Waals surface area contributed by atoms with Gasteiger partial charge in [-0.2, -0.15) is 0 Å². The maximum absolute atomic E-state index is 12.5. The molecule has 3 N–H and O–H groups in total. The fourth-order valence-electron chi connectivity index (χ4n) is 4.56. The van der Waals surface area contributed by atoms with Crippen molar-refractivity contribution >= 4 is 19.8 Å². The second kappa shape index (κ2) is 38.6. The average Bonchev–Trinajstić information content (AvgIpc) is 3.14. The molecule has 9 nitrogen and oxygen atoms in total. The van der Waals surface area contributed by atoms with Gasteiger partial charge in [-0.15, -0.1) is 0 Å². The van der Waals surface area contributed by atoms with Crippen molar-refractivity contribution in [1.82, 2.24) is 0 Å². The minimum atomic E-state index is -4.40. The zero-order chi connectivity index (χ0) is 38.9. The largest absolute Gasteiger partial charge is 0.472 e. The first-order valence-electron chi connectivity index (χ1n) is 19.7. The lowest BCUT2D eigenvalue weighted by Crippen LogP contribution is -2.29. The van der Waals surface area contributed by atoms with Gasteiger partial charge in [-0.3, -0.25) is 18.6 Å². The molecule has 0 saturated carbocycles. The van der Waals surface area contributed by atoms with E-state index in [9.17, 15) is 19.0 Å². The van der Waals surface area contributed by atoms with Crippen LogP contribution >= 0.6 is 7.82 Å². The number of phosphoric ester groups is 1. The Labute approximate surface area is 321 Å². The SMILES string of the molecule is CCC=CCC=CCC=CCC=CCCCCC(=O)OC[C@H](COP(=O)(O)OCCN)OC(=O)CCCC=CCC=CCC=CCC=CCCCCC. The lowest BCUT2D eigenvalue weighted by Gasteiger charge is -2.19. The molecule has 0 radical (unpaired) electrons. The third-order valence-electron chi connectivity index (χ3n) is 7.45. The molecule has 0 saturated heterocycles. The van der Waals surface area contributed by atoms with E-state index < -0.39 is 32.5 Å². The fraction of sp³-hybridized carbons (Fsp3) is 0.581. The third kappa shape index (κ3) is 38.5. The van der Waals surface area contributed by atoms with Crippen LogP contribution in [0.1, 0.15) is 129 Å². The monoisotopic (exact) mass is 759 g/mol. The number of hydrogen-bond acceptors (Lipinski definition) is 8. The van der Waals surface area contributed by atoms with Gasteiger partial charge in [0.1, 0.15) is 6.61 Å². The van der Waals surface area contributed by atoms with Crippen LogP contribution in [0.3, 0.4) is 0 Å². The number of nitrogens with two attached hydrogens (primary N) is 1. The smallest absolute Gasteiger partial charge is 0.462 e. The van der Waals surface area contributed by atoms with Gasteiger partial charge in [0.25, 0.3) is 0 Å². The molecule has 0 rings (SSSR count). The minimum Gasteiger partial charge on any atom is -0.462 e. The van der Waals surface area contributed by atoms with Crippen molar-refractivity contribution in [2.75, 3.05) is 26.4 Å². The van der Waals surface area contributed by atoms with E-state index in [1.165, 1.54) is 19.3 Å². The van der Waals surface area contributed by atoms with Crippen molar-refractivity contribution in [3.63, 3.8) is 0 Å². The van der Waals surface area contributed by atoms with Gasteiger partial charge < -0.3 is 20.1 Å². The van der Waals surface area contributed by atoms with Crippen molar-refractivity contribution in [3.8, 4) is 0 Å². The number of esters is 2. The summed E-state index contributed by atoms with van der Waals surface area (Å²) in [5, 5.41) is 0. The summed E-state index contributed by atoms with van der Waals surface area (Å²) in [7, 11) is -4.40. The van der Waals surface area contributed by atoms with E-state index >= 15 is 0 Å². The Morgan fingerprint density at radius 1 is 0.585 bits per heavy atom. The zero-order valence-corrected chi connectivity index (χ0v) is 33.6. The van der Waals surface area contributed by atoms with Gasteiger partial charge in [0.15, 0.2) is 6.10 Å². The highest BCUT2D eigenvalue weighted by Gasteiger charge is 2.25. The number of phosphoric acid groups is 1. The Bertz CT molecular complexity index is 1180. The lowest BCUT2D eigenvalue weighted by molar-refractivity contribution is -0.161. The minimum absolute atomic E-state index is 0.0334. The maximum atomic E-state index is 12.5. The van der Waals surface area contributed by atoms with E-state index in [-0.39, 0.29) is 32.6 Å². The van der Waals surface area contributed by atoms with Crippen molar-refractivity contribution < 1.29 is 37.6 Å². The van der Waals surface area contributed by atoms with Crippen LogP contribution in [0.4, 0.5) is 0 Å². The van der Waals surface area contributed by atoms with Crippen LogP contribution in [0.25, 0.3) is 0 Å². The molecule has 300 valence electrons. The molecule has 0 spiro atoms. The molecule has 2 atom stereocenters. The molecule has 10 heteroatoms. The number of allylic oxidation sites excluding steroid dienone is 16. The van der Waals surface area contributed by atoms with Crippen LogP contribution in [0.2, 0.25) is 0 Å². The zero-order valence-electron chi connectivity index (χ0n) is 32.7. The van der Waals surface area contributed by atoms with Gasteiger partial charge in [-0.25, -0.2) is 4.57 Å². The van der Waals surface area contributed by atoms with Crippen LogP contribution in [0, 0.1) is 0 Å². The number of rotatable bonds is 35. The summed E-state index contributed by atoms with van der Waals surface area (Å²) >= 11 is 0. The Balaban J connectivity index is 4.41. The second-order valence-corrected chi connectivity index (χ2v) is 13.9. The molecule has 0 bridgehead atoms. The Morgan fingerprint density at radius 2 is 1.04 bits per heavy atom. The Kier molecular flexibility index (Phi) is 36.4. The number of ether oxygens (including phenoxy) is 2. The summed E-state index contributed by atoms with van der Waals surface area (Å²) in [6, 6.07) is 0. The maximum Gasteiger partial charge on any atom is 0.472 e. The number of hydrogen-bond donors (Lipinski definition) is 2. The van der Waals surface area contributed by atoms with E-state index in [1.807, 2.05) is 6.08 Å². The first-order valence-corrected chi connectivity index (χ1v) is 21.2. The van der Waals surface area contributed by atoms with Crippen molar-refractivity contribution in [2.24, 2.45) is 5.73 Å². The summed E-state index contributed by atoms with van der Waals surface area (Å²) in [6.45, 7) is 3.44. The predicted molar refractivity (Wildman–Crippen MR) is 219 cm³/mol. The van der Waals surface area contributed by atoms with E-state index in [1.54, 1.807) is 0 Å². The predicted octanol–water partition coefficient (Wildman–Crippen LogP) is 11.0. The van der Waals surface area contributed by atoms with Crippen LogP contribution < -0.4 is 5.73 Å². The Hall–Kier alpha value is -3.07. The molecule has 0 fully saturated rings.